The summed E-state index contributed by atoms with van der Waals surface area (Å²) in [5.74, 6) is 2.45. The molecule has 144 valence electrons. The van der Waals surface area contributed by atoms with Crippen LogP contribution in [-0.2, 0) is 24.4 Å². The van der Waals surface area contributed by atoms with Crippen molar-refractivity contribution in [3.8, 4) is 11.5 Å². The van der Waals surface area contributed by atoms with Crippen molar-refractivity contribution in [1.82, 2.24) is 15.1 Å². The molecule has 0 fully saturated rings. The third-order valence-corrected chi connectivity index (χ3v) is 4.47. The van der Waals surface area contributed by atoms with Gasteiger partial charge in [0.05, 0.1) is 6.54 Å². The van der Waals surface area contributed by atoms with Gasteiger partial charge in [0.25, 0.3) is 5.89 Å². The van der Waals surface area contributed by atoms with E-state index in [1.165, 1.54) is 0 Å². The average molecular weight is 379 g/mol. The molecule has 0 aliphatic carbocycles. The van der Waals surface area contributed by atoms with Gasteiger partial charge in [0.1, 0.15) is 18.1 Å². The smallest absolute Gasteiger partial charge is 0.253 e. The number of carbonyl (C=O) groups excluding carboxylic acids is 1. The molecule has 28 heavy (non-hydrogen) atoms. The standard InChI is InChI=1S/C21H21N3O4/c25-21(24-12-13-26-18-9-5-4-6-16(18)14-24)11-10-19-22-23-20(28-19)15-27-17-7-2-1-3-8-17/h1-9H,10-15H2. The largest absolute Gasteiger partial charge is 0.491 e. The lowest BCUT2D eigenvalue weighted by Gasteiger charge is -2.19. The Morgan fingerprint density at radius 1 is 1.04 bits per heavy atom. The van der Waals surface area contributed by atoms with Crippen molar-refractivity contribution in [1.29, 1.82) is 0 Å². The highest BCUT2D eigenvalue weighted by atomic mass is 16.5. The number of aryl methyl sites for hydroxylation is 1. The van der Waals surface area contributed by atoms with Crippen LogP contribution in [0, 0.1) is 0 Å². The molecule has 2 aromatic carbocycles. The lowest BCUT2D eigenvalue weighted by molar-refractivity contribution is -0.132. The van der Waals surface area contributed by atoms with Gasteiger partial charge in [-0.1, -0.05) is 36.4 Å². The Kier molecular flexibility index (Phi) is 5.51. The molecule has 7 nitrogen and oxygen atoms in total. The maximum absolute atomic E-state index is 12.6. The number of carbonyl (C=O) groups is 1. The molecule has 0 spiro atoms. The fourth-order valence-corrected chi connectivity index (χ4v) is 3.02. The number of aromatic nitrogens is 2. The molecule has 0 saturated carbocycles. The summed E-state index contributed by atoms with van der Waals surface area (Å²) in [5, 5.41) is 7.99. The third kappa shape index (κ3) is 4.49. The molecule has 0 N–H and O–H groups in total. The van der Waals surface area contributed by atoms with Crippen LogP contribution >= 0.6 is 0 Å². The predicted octanol–water partition coefficient (Wildman–Crippen LogP) is 3.00. The van der Waals surface area contributed by atoms with Gasteiger partial charge in [0, 0.05) is 24.9 Å². The second-order valence-corrected chi connectivity index (χ2v) is 6.46. The normalized spacial score (nSPS) is 13.4. The van der Waals surface area contributed by atoms with E-state index in [4.69, 9.17) is 13.9 Å². The number of amides is 1. The van der Waals surface area contributed by atoms with Crippen LogP contribution in [0.3, 0.4) is 0 Å². The number of nitrogens with zero attached hydrogens (tertiary/aromatic N) is 3. The average Bonchev–Trinajstić information content (AvgIpc) is 3.08. The number of hydrogen-bond acceptors (Lipinski definition) is 6. The number of rotatable bonds is 6. The van der Waals surface area contributed by atoms with Crippen molar-refractivity contribution in [3.05, 3.63) is 71.9 Å². The molecule has 0 radical (unpaired) electrons. The topological polar surface area (TPSA) is 77.7 Å². The summed E-state index contributed by atoms with van der Waals surface area (Å²) in [4.78, 5) is 14.4. The minimum atomic E-state index is 0.0422. The molecule has 1 aliphatic rings. The first kappa shape index (κ1) is 18.0. The van der Waals surface area contributed by atoms with E-state index < -0.39 is 0 Å². The van der Waals surface area contributed by atoms with E-state index in [0.717, 1.165) is 17.1 Å². The lowest BCUT2D eigenvalue weighted by Crippen LogP contribution is -2.32. The van der Waals surface area contributed by atoms with Gasteiger partial charge < -0.3 is 18.8 Å². The van der Waals surface area contributed by atoms with Crippen LogP contribution in [-0.4, -0.2) is 34.2 Å². The predicted molar refractivity (Wildman–Crippen MR) is 101 cm³/mol. The van der Waals surface area contributed by atoms with Gasteiger partial charge in [-0.2, -0.15) is 0 Å². The summed E-state index contributed by atoms with van der Waals surface area (Å²) in [6.45, 7) is 1.80. The molecule has 2 heterocycles. The van der Waals surface area contributed by atoms with Gasteiger partial charge in [-0.3, -0.25) is 4.79 Å². The number of benzene rings is 2. The van der Waals surface area contributed by atoms with E-state index in [9.17, 15) is 4.79 Å². The molecule has 3 aromatic rings. The fraction of sp³-hybridized carbons (Fsp3) is 0.286. The zero-order chi connectivity index (χ0) is 19.2. The van der Waals surface area contributed by atoms with Crippen LogP contribution in [0.5, 0.6) is 11.5 Å². The van der Waals surface area contributed by atoms with E-state index >= 15 is 0 Å². The summed E-state index contributed by atoms with van der Waals surface area (Å²) in [6, 6.07) is 17.2. The second kappa shape index (κ2) is 8.56. The Balaban J connectivity index is 1.28. The summed E-state index contributed by atoms with van der Waals surface area (Å²) in [6.07, 6.45) is 0.708. The molecule has 4 rings (SSSR count). The van der Waals surface area contributed by atoms with Gasteiger partial charge in [0.2, 0.25) is 11.8 Å². The zero-order valence-electron chi connectivity index (χ0n) is 15.4. The lowest BCUT2D eigenvalue weighted by atomic mass is 10.2. The first-order chi connectivity index (χ1) is 13.8. The van der Waals surface area contributed by atoms with Gasteiger partial charge >= 0.3 is 0 Å². The first-order valence-electron chi connectivity index (χ1n) is 9.25. The molecule has 0 atom stereocenters. The highest BCUT2D eigenvalue weighted by Crippen LogP contribution is 2.23. The highest BCUT2D eigenvalue weighted by molar-refractivity contribution is 5.76. The molecule has 0 saturated heterocycles. The van der Waals surface area contributed by atoms with E-state index in [-0.39, 0.29) is 12.5 Å². The van der Waals surface area contributed by atoms with Crippen molar-refractivity contribution in [3.63, 3.8) is 0 Å². The van der Waals surface area contributed by atoms with Crippen molar-refractivity contribution in [2.75, 3.05) is 13.2 Å². The maximum Gasteiger partial charge on any atom is 0.253 e. The molecule has 0 bridgehead atoms. The van der Waals surface area contributed by atoms with E-state index in [1.807, 2.05) is 59.5 Å². The molecule has 0 unspecified atom stereocenters. The first-order valence-corrected chi connectivity index (χ1v) is 9.25. The molecule has 1 amide bonds. The number of fused-ring (bicyclic) bond motifs is 1. The summed E-state index contributed by atoms with van der Waals surface area (Å²) in [5.41, 5.74) is 1.02. The van der Waals surface area contributed by atoms with Crippen LogP contribution in [0.4, 0.5) is 0 Å². The monoisotopic (exact) mass is 379 g/mol. The SMILES string of the molecule is O=C(CCc1nnc(COc2ccccc2)o1)N1CCOc2ccccc2C1. The summed E-state index contributed by atoms with van der Waals surface area (Å²) < 4.78 is 16.9. The Labute approximate surface area is 162 Å². The number of hydrogen-bond donors (Lipinski definition) is 0. The fourth-order valence-electron chi connectivity index (χ4n) is 3.02. The Morgan fingerprint density at radius 3 is 2.71 bits per heavy atom. The van der Waals surface area contributed by atoms with Crippen molar-refractivity contribution in [2.24, 2.45) is 0 Å². The molecular weight excluding hydrogens is 358 g/mol. The Bertz CT molecular complexity index is 926. The van der Waals surface area contributed by atoms with Gasteiger partial charge in [-0.05, 0) is 18.2 Å². The second-order valence-electron chi connectivity index (χ2n) is 6.46. The van der Waals surface area contributed by atoms with E-state index in [2.05, 4.69) is 10.2 Å². The van der Waals surface area contributed by atoms with E-state index in [0.29, 0.717) is 44.3 Å². The summed E-state index contributed by atoms with van der Waals surface area (Å²) >= 11 is 0. The minimum Gasteiger partial charge on any atom is -0.491 e. The molecule has 7 heteroatoms. The van der Waals surface area contributed by atoms with Gasteiger partial charge in [-0.15, -0.1) is 10.2 Å². The van der Waals surface area contributed by atoms with Crippen LogP contribution in [0.2, 0.25) is 0 Å². The van der Waals surface area contributed by atoms with Gasteiger partial charge in [0.15, 0.2) is 6.61 Å². The minimum absolute atomic E-state index is 0.0422. The van der Waals surface area contributed by atoms with Crippen LogP contribution in [0.15, 0.2) is 59.0 Å². The van der Waals surface area contributed by atoms with Crippen LogP contribution in [0.1, 0.15) is 23.8 Å². The molecule has 1 aromatic heterocycles. The Morgan fingerprint density at radius 2 is 1.82 bits per heavy atom. The van der Waals surface area contributed by atoms with Crippen molar-refractivity contribution < 1.29 is 18.7 Å². The molecular formula is C21H21N3O4. The van der Waals surface area contributed by atoms with E-state index in [1.54, 1.807) is 0 Å². The summed E-state index contributed by atoms with van der Waals surface area (Å²) in [7, 11) is 0. The third-order valence-electron chi connectivity index (χ3n) is 4.47. The number of para-hydroxylation sites is 2. The quantitative estimate of drug-likeness (QED) is 0.655. The van der Waals surface area contributed by atoms with Crippen molar-refractivity contribution in [2.45, 2.75) is 26.0 Å². The Hall–Kier alpha value is -3.35. The van der Waals surface area contributed by atoms with Crippen LogP contribution in [0.25, 0.3) is 0 Å². The molecule has 1 aliphatic heterocycles. The van der Waals surface area contributed by atoms with Gasteiger partial charge in [-0.25, -0.2) is 0 Å². The van der Waals surface area contributed by atoms with Crippen LogP contribution < -0.4 is 9.47 Å². The van der Waals surface area contributed by atoms with Crippen molar-refractivity contribution >= 4 is 5.91 Å². The zero-order valence-corrected chi connectivity index (χ0v) is 15.4. The number of ether oxygens (including phenoxy) is 2. The maximum atomic E-state index is 12.6. The highest BCUT2D eigenvalue weighted by Gasteiger charge is 2.20.